The van der Waals surface area contributed by atoms with E-state index in [1.807, 2.05) is 0 Å². The Bertz CT molecular complexity index is 140. The summed E-state index contributed by atoms with van der Waals surface area (Å²) in [6, 6.07) is -1.16. The van der Waals surface area contributed by atoms with Crippen LogP contribution in [0.2, 0.25) is 0 Å². The molecular weight excluding hydrogens is 163 g/mol. The van der Waals surface area contributed by atoms with E-state index in [9.17, 15) is 9.59 Å². The van der Waals surface area contributed by atoms with Crippen molar-refractivity contribution in [2.45, 2.75) is 12.5 Å². The van der Waals surface area contributed by atoms with Crippen LogP contribution in [0, 0.1) is 0 Å². The number of hydrogen-bond acceptors (Lipinski definition) is 3. The molecule has 0 radical (unpaired) electrons. The van der Waals surface area contributed by atoms with Crippen molar-refractivity contribution in [3.8, 4) is 0 Å². The van der Waals surface area contributed by atoms with Crippen molar-refractivity contribution < 1.29 is 20.2 Å². The van der Waals surface area contributed by atoms with Crippen LogP contribution >= 0.6 is 0 Å². The molecule has 1 atom stereocenters. The first kappa shape index (κ1) is 17.1. The number of carboxylic acids is 1. The molecule has 0 aromatic heterocycles. The summed E-state index contributed by atoms with van der Waals surface area (Å²) in [5, 5.41) is 8.10. The molecule has 0 aromatic carbocycles. The Morgan fingerprint density at radius 1 is 1.45 bits per heavy atom. The van der Waals surface area contributed by atoms with E-state index in [4.69, 9.17) is 10.8 Å². The molecule has 0 aromatic rings. The fourth-order valence-electron chi connectivity index (χ4n) is 0.304. The summed E-state index contributed by atoms with van der Waals surface area (Å²) in [6.45, 7) is 0. The molecule has 0 aliphatic heterocycles. The first-order chi connectivity index (χ1) is 4.04. The minimum atomic E-state index is -1.21. The van der Waals surface area contributed by atoms with Crippen molar-refractivity contribution in [1.29, 1.82) is 0 Å². The van der Waals surface area contributed by atoms with E-state index in [0.29, 0.717) is 0 Å². The molecule has 0 rings (SSSR count). The normalized spacial score (nSPS) is 10.3. The quantitative estimate of drug-likeness (QED) is 0.388. The van der Waals surface area contributed by atoms with E-state index in [2.05, 4.69) is 5.73 Å². The minimum absolute atomic E-state index is 0. The van der Waals surface area contributed by atoms with Crippen LogP contribution in [0.25, 0.3) is 0 Å². The van der Waals surface area contributed by atoms with Gasteiger partial charge in [0.05, 0.1) is 6.42 Å². The number of nitrogens with two attached hydrogens (primary N) is 2. The third kappa shape index (κ3) is 9.86. The molecule has 7 heteroatoms. The van der Waals surface area contributed by atoms with Gasteiger partial charge in [0.2, 0.25) is 5.91 Å². The van der Waals surface area contributed by atoms with Gasteiger partial charge in [-0.3, -0.25) is 9.59 Å². The zero-order valence-corrected chi connectivity index (χ0v) is 5.20. The number of primary amides is 1. The van der Waals surface area contributed by atoms with Gasteiger partial charge in [0, 0.05) is 0 Å². The first-order valence-electron chi connectivity index (χ1n) is 2.30. The molecule has 0 spiro atoms. The Morgan fingerprint density at radius 3 is 1.91 bits per heavy atom. The van der Waals surface area contributed by atoms with Crippen LogP contribution in [0.15, 0.2) is 0 Å². The van der Waals surface area contributed by atoms with Crippen LogP contribution in [0.3, 0.4) is 0 Å². The average Bonchev–Trinajstić information content (AvgIpc) is 1.63. The Balaban J connectivity index is -0.000000320. The third-order valence-corrected chi connectivity index (χ3v) is 0.738. The SMILES string of the molecule is NC(=O)C[C@H](N)C(=O)O.O.[NaH]. The maximum atomic E-state index is 9.99. The van der Waals surface area contributed by atoms with Crippen LogP contribution in [0.5, 0.6) is 0 Å². The van der Waals surface area contributed by atoms with E-state index in [1.54, 1.807) is 0 Å². The van der Waals surface area contributed by atoms with Crippen LogP contribution in [-0.4, -0.2) is 58.1 Å². The monoisotopic (exact) mass is 174 g/mol. The summed E-state index contributed by atoms with van der Waals surface area (Å²) in [7, 11) is 0. The molecular formula is C4H11N2NaO4. The summed E-state index contributed by atoms with van der Waals surface area (Å²) in [5.74, 6) is -1.92. The van der Waals surface area contributed by atoms with Crippen molar-refractivity contribution in [2.24, 2.45) is 11.5 Å². The van der Waals surface area contributed by atoms with Crippen LogP contribution in [0.1, 0.15) is 6.42 Å². The zero-order chi connectivity index (χ0) is 7.44. The van der Waals surface area contributed by atoms with Crippen LogP contribution in [-0.2, 0) is 9.59 Å². The summed E-state index contributed by atoms with van der Waals surface area (Å²) in [4.78, 5) is 19.9. The Kier molecular flexibility index (Phi) is 12.4. The van der Waals surface area contributed by atoms with Gasteiger partial charge in [-0.2, -0.15) is 0 Å². The molecule has 6 nitrogen and oxygen atoms in total. The van der Waals surface area contributed by atoms with Crippen molar-refractivity contribution in [2.75, 3.05) is 0 Å². The molecule has 0 aliphatic rings. The number of aliphatic carboxylic acids is 1. The van der Waals surface area contributed by atoms with Crippen molar-refractivity contribution >= 4 is 41.4 Å². The summed E-state index contributed by atoms with van der Waals surface area (Å²) >= 11 is 0. The number of rotatable bonds is 3. The molecule has 7 N–H and O–H groups in total. The maximum absolute atomic E-state index is 9.99. The van der Waals surface area contributed by atoms with E-state index < -0.39 is 17.9 Å². The van der Waals surface area contributed by atoms with Gasteiger partial charge in [0.1, 0.15) is 6.04 Å². The molecule has 0 saturated heterocycles. The molecule has 11 heavy (non-hydrogen) atoms. The molecule has 0 aliphatic carbocycles. The van der Waals surface area contributed by atoms with E-state index >= 15 is 0 Å². The number of carbonyl (C=O) groups is 2. The van der Waals surface area contributed by atoms with Gasteiger partial charge in [0.15, 0.2) is 0 Å². The summed E-state index contributed by atoms with van der Waals surface area (Å²) in [6.07, 6.45) is -0.310. The van der Waals surface area contributed by atoms with Crippen LogP contribution < -0.4 is 11.5 Å². The molecule has 0 unspecified atom stereocenters. The summed E-state index contributed by atoms with van der Waals surface area (Å²) < 4.78 is 0. The summed E-state index contributed by atoms with van der Waals surface area (Å²) in [5.41, 5.74) is 9.57. The molecule has 0 heterocycles. The Morgan fingerprint density at radius 2 is 1.82 bits per heavy atom. The Labute approximate surface area is 85.5 Å². The molecule has 0 bridgehead atoms. The molecule has 1 amide bonds. The number of carbonyl (C=O) groups excluding carboxylic acids is 1. The molecule has 0 saturated carbocycles. The second-order valence-corrected chi connectivity index (χ2v) is 1.62. The molecule has 62 valence electrons. The van der Waals surface area contributed by atoms with Gasteiger partial charge in [0.25, 0.3) is 0 Å². The van der Waals surface area contributed by atoms with Gasteiger partial charge in [-0.15, -0.1) is 0 Å². The standard InChI is InChI=1S/C4H8N2O3.Na.H2O.H/c5-2(4(8)9)1-3(6)7;;;/h2H,1,5H2,(H2,6,7)(H,8,9);;1H2;/t2-;;;/m0.../s1. The predicted molar refractivity (Wildman–Crippen MR) is 40.2 cm³/mol. The van der Waals surface area contributed by atoms with Crippen molar-refractivity contribution in [1.82, 2.24) is 0 Å². The van der Waals surface area contributed by atoms with Gasteiger partial charge in [-0.1, -0.05) is 0 Å². The molecule has 0 fully saturated rings. The zero-order valence-electron chi connectivity index (χ0n) is 5.20. The first-order valence-corrected chi connectivity index (χ1v) is 2.30. The fraction of sp³-hybridized carbons (Fsp3) is 0.500. The van der Waals surface area contributed by atoms with E-state index in [1.165, 1.54) is 0 Å². The van der Waals surface area contributed by atoms with E-state index in [0.717, 1.165) is 0 Å². The number of amides is 1. The van der Waals surface area contributed by atoms with Gasteiger partial charge >= 0.3 is 35.5 Å². The van der Waals surface area contributed by atoms with Gasteiger partial charge in [-0.05, 0) is 0 Å². The topological polar surface area (TPSA) is 138 Å². The predicted octanol–water partition coefficient (Wildman–Crippen LogP) is -3.20. The van der Waals surface area contributed by atoms with Crippen molar-refractivity contribution in [3.05, 3.63) is 0 Å². The Hall–Kier alpha value is -0.140. The second kappa shape index (κ2) is 7.96. The second-order valence-electron chi connectivity index (χ2n) is 1.62. The number of hydrogen-bond donors (Lipinski definition) is 3. The fourth-order valence-corrected chi connectivity index (χ4v) is 0.304. The van der Waals surface area contributed by atoms with Crippen molar-refractivity contribution in [3.63, 3.8) is 0 Å². The van der Waals surface area contributed by atoms with Gasteiger partial charge < -0.3 is 22.1 Å². The van der Waals surface area contributed by atoms with Crippen LogP contribution in [0.4, 0.5) is 0 Å². The number of carboxylic acid groups (broad SMARTS) is 1. The third-order valence-electron chi connectivity index (χ3n) is 0.738. The van der Waals surface area contributed by atoms with E-state index in [-0.39, 0.29) is 41.5 Å². The average molecular weight is 174 g/mol. The van der Waals surface area contributed by atoms with Gasteiger partial charge in [-0.25, -0.2) is 0 Å².